The Kier molecular flexibility index (Phi) is 8.06. The van der Waals surface area contributed by atoms with E-state index in [0.717, 1.165) is 25.3 Å². The van der Waals surface area contributed by atoms with E-state index in [1.54, 1.807) is 24.3 Å². The van der Waals surface area contributed by atoms with Gasteiger partial charge in [0.15, 0.2) is 5.78 Å². The molecule has 1 aromatic carbocycles. The Hall–Kier alpha value is -1.59. The summed E-state index contributed by atoms with van der Waals surface area (Å²) in [5.74, 6) is 1.41. The van der Waals surface area contributed by atoms with Gasteiger partial charge >= 0.3 is 0 Å². The summed E-state index contributed by atoms with van der Waals surface area (Å²) in [6, 6.07) is 7.07. The minimum absolute atomic E-state index is 0. The third-order valence-electron chi connectivity index (χ3n) is 4.04. The third-order valence-corrected chi connectivity index (χ3v) is 4.04. The highest BCUT2D eigenvalue weighted by molar-refractivity contribution is 5.94. The molecule has 0 spiro atoms. The fourth-order valence-corrected chi connectivity index (χ4v) is 2.61. The maximum atomic E-state index is 12.0. The average Bonchev–Trinajstić information content (AvgIpc) is 3.01. The molecule has 0 aromatic heterocycles. The highest BCUT2D eigenvalue weighted by Crippen LogP contribution is 2.17. The highest BCUT2D eigenvalue weighted by Gasteiger charge is 2.24. The average molecular weight is 341 g/mol. The van der Waals surface area contributed by atoms with E-state index < -0.39 is 0 Å². The van der Waals surface area contributed by atoms with Crippen LogP contribution in [0.5, 0.6) is 5.75 Å². The number of nitrogens with two attached hydrogens (primary N) is 1. The number of carbonyl (C=O) groups excluding carboxylic acids is 2. The third kappa shape index (κ3) is 5.84. The molecule has 1 aliphatic rings. The first-order chi connectivity index (χ1) is 10.6. The summed E-state index contributed by atoms with van der Waals surface area (Å²) in [5.41, 5.74) is 6.30. The molecular formula is C17H25ClN2O3. The van der Waals surface area contributed by atoms with Gasteiger partial charge in [0.1, 0.15) is 5.75 Å². The number of ether oxygens (including phenoxy) is 1. The van der Waals surface area contributed by atoms with E-state index in [1.807, 2.05) is 4.90 Å². The van der Waals surface area contributed by atoms with Gasteiger partial charge in [0.05, 0.1) is 6.61 Å². The van der Waals surface area contributed by atoms with Crippen molar-refractivity contribution >= 4 is 24.1 Å². The SMILES string of the molecule is CC(=O)c1ccc(OCCCC(=O)N2CCC(CN)C2)cc1.Cl. The largest absolute Gasteiger partial charge is 0.494 e. The molecule has 0 bridgehead atoms. The second-order valence-corrected chi connectivity index (χ2v) is 5.76. The molecule has 6 heteroatoms. The van der Waals surface area contributed by atoms with Crippen LogP contribution in [-0.4, -0.2) is 42.8 Å². The zero-order valence-electron chi connectivity index (χ0n) is 13.5. The molecule has 23 heavy (non-hydrogen) atoms. The van der Waals surface area contributed by atoms with Crippen molar-refractivity contribution in [2.75, 3.05) is 26.2 Å². The van der Waals surface area contributed by atoms with E-state index >= 15 is 0 Å². The topological polar surface area (TPSA) is 72.6 Å². The number of nitrogens with zero attached hydrogens (tertiary/aromatic N) is 1. The molecule has 2 rings (SSSR count). The summed E-state index contributed by atoms with van der Waals surface area (Å²) in [7, 11) is 0. The van der Waals surface area contributed by atoms with Crippen molar-refractivity contribution in [2.45, 2.75) is 26.2 Å². The van der Waals surface area contributed by atoms with E-state index in [4.69, 9.17) is 10.5 Å². The summed E-state index contributed by atoms with van der Waals surface area (Å²) in [6.07, 6.45) is 2.21. The van der Waals surface area contributed by atoms with Gasteiger partial charge in [0.2, 0.25) is 5.91 Å². The molecule has 1 saturated heterocycles. The van der Waals surface area contributed by atoms with E-state index in [-0.39, 0.29) is 24.1 Å². The minimum Gasteiger partial charge on any atom is -0.494 e. The maximum absolute atomic E-state index is 12.0. The standard InChI is InChI=1S/C17H24N2O3.ClH/c1-13(20)15-4-6-16(7-5-15)22-10-2-3-17(21)19-9-8-14(11-18)12-19;/h4-7,14H,2-3,8-12,18H2,1H3;1H. The molecule has 1 amide bonds. The van der Waals surface area contributed by atoms with Gasteiger partial charge in [-0.2, -0.15) is 0 Å². The molecular weight excluding hydrogens is 316 g/mol. The van der Waals surface area contributed by atoms with Crippen molar-refractivity contribution in [2.24, 2.45) is 11.7 Å². The number of benzene rings is 1. The van der Waals surface area contributed by atoms with Crippen LogP contribution in [0.3, 0.4) is 0 Å². The molecule has 1 fully saturated rings. The maximum Gasteiger partial charge on any atom is 0.222 e. The molecule has 1 aliphatic heterocycles. The molecule has 1 heterocycles. The van der Waals surface area contributed by atoms with Crippen LogP contribution in [0.25, 0.3) is 0 Å². The van der Waals surface area contributed by atoms with Gasteiger partial charge in [0.25, 0.3) is 0 Å². The molecule has 2 N–H and O–H groups in total. The fourth-order valence-electron chi connectivity index (χ4n) is 2.61. The number of Topliss-reactive ketones (excluding diaryl/α,β-unsaturated/α-hetero) is 1. The lowest BCUT2D eigenvalue weighted by Crippen LogP contribution is -2.29. The molecule has 0 aliphatic carbocycles. The predicted molar refractivity (Wildman–Crippen MR) is 92.2 cm³/mol. The van der Waals surface area contributed by atoms with Crippen LogP contribution in [-0.2, 0) is 4.79 Å². The Labute approximate surface area is 143 Å². The van der Waals surface area contributed by atoms with Crippen LogP contribution in [0.1, 0.15) is 36.5 Å². The number of carbonyl (C=O) groups is 2. The van der Waals surface area contributed by atoms with Crippen molar-refractivity contribution in [3.05, 3.63) is 29.8 Å². The van der Waals surface area contributed by atoms with E-state index in [2.05, 4.69) is 0 Å². The van der Waals surface area contributed by atoms with Gasteiger partial charge in [-0.25, -0.2) is 0 Å². The van der Waals surface area contributed by atoms with Gasteiger partial charge in [-0.05, 0) is 56.5 Å². The first-order valence-electron chi connectivity index (χ1n) is 7.82. The van der Waals surface area contributed by atoms with E-state index in [0.29, 0.717) is 37.5 Å². The zero-order valence-corrected chi connectivity index (χ0v) is 14.3. The van der Waals surface area contributed by atoms with Crippen LogP contribution in [0.2, 0.25) is 0 Å². The number of hydrogen-bond acceptors (Lipinski definition) is 4. The second-order valence-electron chi connectivity index (χ2n) is 5.76. The van der Waals surface area contributed by atoms with Gasteiger partial charge in [0, 0.05) is 25.1 Å². The number of halogens is 1. The van der Waals surface area contributed by atoms with Crippen LogP contribution in [0, 0.1) is 5.92 Å². The van der Waals surface area contributed by atoms with E-state index in [1.165, 1.54) is 6.92 Å². The molecule has 0 saturated carbocycles. The van der Waals surface area contributed by atoms with Crippen LogP contribution in [0.15, 0.2) is 24.3 Å². The number of ketones is 1. The lowest BCUT2D eigenvalue weighted by Gasteiger charge is -2.16. The molecule has 0 radical (unpaired) electrons. The minimum atomic E-state index is 0. The van der Waals surface area contributed by atoms with Gasteiger partial charge in [-0.3, -0.25) is 9.59 Å². The summed E-state index contributed by atoms with van der Waals surface area (Å²) in [4.78, 5) is 25.1. The second kappa shape index (κ2) is 9.53. The summed E-state index contributed by atoms with van der Waals surface area (Å²) < 4.78 is 5.59. The summed E-state index contributed by atoms with van der Waals surface area (Å²) in [6.45, 7) is 4.31. The number of rotatable bonds is 7. The molecule has 1 aromatic rings. The van der Waals surface area contributed by atoms with Gasteiger partial charge < -0.3 is 15.4 Å². The Morgan fingerprint density at radius 3 is 2.57 bits per heavy atom. The quantitative estimate of drug-likeness (QED) is 0.610. The smallest absolute Gasteiger partial charge is 0.222 e. The Morgan fingerprint density at radius 1 is 1.30 bits per heavy atom. The first kappa shape index (κ1) is 19.5. The summed E-state index contributed by atoms with van der Waals surface area (Å²) in [5, 5.41) is 0. The van der Waals surface area contributed by atoms with Crippen molar-refractivity contribution in [3.63, 3.8) is 0 Å². The molecule has 5 nitrogen and oxygen atoms in total. The van der Waals surface area contributed by atoms with Gasteiger partial charge in [-0.15, -0.1) is 12.4 Å². The fraction of sp³-hybridized carbons (Fsp3) is 0.529. The zero-order chi connectivity index (χ0) is 15.9. The monoisotopic (exact) mass is 340 g/mol. The first-order valence-corrected chi connectivity index (χ1v) is 7.82. The normalized spacial score (nSPS) is 16.8. The van der Waals surface area contributed by atoms with Crippen LogP contribution >= 0.6 is 12.4 Å². The van der Waals surface area contributed by atoms with Crippen molar-refractivity contribution in [3.8, 4) is 5.75 Å². The lowest BCUT2D eigenvalue weighted by molar-refractivity contribution is -0.130. The Balaban J connectivity index is 0.00000264. The number of amides is 1. The lowest BCUT2D eigenvalue weighted by atomic mass is 10.1. The van der Waals surface area contributed by atoms with E-state index in [9.17, 15) is 9.59 Å². The van der Waals surface area contributed by atoms with Crippen LogP contribution < -0.4 is 10.5 Å². The number of likely N-dealkylation sites (tertiary alicyclic amines) is 1. The molecule has 1 unspecified atom stereocenters. The molecule has 128 valence electrons. The molecule has 1 atom stereocenters. The highest BCUT2D eigenvalue weighted by atomic mass is 35.5. The Bertz CT molecular complexity index is 519. The summed E-state index contributed by atoms with van der Waals surface area (Å²) >= 11 is 0. The Morgan fingerprint density at radius 2 is 2.00 bits per heavy atom. The van der Waals surface area contributed by atoms with Crippen molar-refractivity contribution < 1.29 is 14.3 Å². The van der Waals surface area contributed by atoms with Crippen LogP contribution in [0.4, 0.5) is 0 Å². The predicted octanol–water partition coefficient (Wildman–Crippen LogP) is 2.28. The van der Waals surface area contributed by atoms with Crippen molar-refractivity contribution in [1.82, 2.24) is 4.90 Å². The number of hydrogen-bond donors (Lipinski definition) is 1. The van der Waals surface area contributed by atoms with Crippen molar-refractivity contribution in [1.29, 1.82) is 0 Å². The van der Waals surface area contributed by atoms with Gasteiger partial charge in [-0.1, -0.05) is 0 Å².